The van der Waals surface area contributed by atoms with E-state index in [1.165, 1.54) is 12.1 Å². The van der Waals surface area contributed by atoms with Gasteiger partial charge in [-0.1, -0.05) is 6.07 Å². The number of ether oxygens (including phenoxy) is 1. The molecule has 0 fully saturated rings. The molecule has 1 unspecified atom stereocenters. The van der Waals surface area contributed by atoms with Crippen LogP contribution in [-0.4, -0.2) is 40.0 Å². The van der Waals surface area contributed by atoms with E-state index < -0.39 is 17.3 Å². The van der Waals surface area contributed by atoms with Crippen LogP contribution < -0.4 is 15.4 Å². The maximum absolute atomic E-state index is 13.6. The third kappa shape index (κ3) is 8.15. The van der Waals surface area contributed by atoms with Gasteiger partial charge in [-0.05, 0) is 45.4 Å². The Labute approximate surface area is 203 Å². The molecule has 7 nitrogen and oxygen atoms in total. The van der Waals surface area contributed by atoms with Gasteiger partial charge in [-0.2, -0.15) is 18.3 Å². The van der Waals surface area contributed by atoms with E-state index in [-0.39, 0.29) is 54.5 Å². The summed E-state index contributed by atoms with van der Waals surface area (Å²) < 4.78 is 47.6. The van der Waals surface area contributed by atoms with Crippen molar-refractivity contribution in [2.75, 3.05) is 13.1 Å². The number of aliphatic imine (C=N–C) groups is 1. The van der Waals surface area contributed by atoms with Crippen molar-refractivity contribution in [3.8, 4) is 5.75 Å². The summed E-state index contributed by atoms with van der Waals surface area (Å²) in [5.74, 6) is 0.454. The van der Waals surface area contributed by atoms with E-state index in [1.807, 2.05) is 6.92 Å². The van der Waals surface area contributed by atoms with Crippen LogP contribution >= 0.6 is 24.0 Å². The van der Waals surface area contributed by atoms with Gasteiger partial charge in [0.2, 0.25) is 0 Å². The number of hydrogen-bond donors (Lipinski definition) is 3. The minimum absolute atomic E-state index is 0. The zero-order valence-corrected chi connectivity index (χ0v) is 21.2. The van der Waals surface area contributed by atoms with Crippen LogP contribution in [0.5, 0.6) is 5.75 Å². The number of aromatic nitrogens is 2. The van der Waals surface area contributed by atoms with Crippen LogP contribution in [0.25, 0.3) is 0 Å². The number of nitrogens with zero attached hydrogens (tertiary/aromatic N) is 3. The van der Waals surface area contributed by atoms with Gasteiger partial charge in [0.25, 0.3) is 0 Å². The Morgan fingerprint density at radius 2 is 1.97 bits per heavy atom. The fourth-order valence-electron chi connectivity index (χ4n) is 2.87. The van der Waals surface area contributed by atoms with Crippen molar-refractivity contribution in [3.05, 3.63) is 47.3 Å². The molecule has 1 aromatic carbocycles. The smallest absolute Gasteiger partial charge is 0.416 e. The van der Waals surface area contributed by atoms with Gasteiger partial charge in [-0.15, -0.1) is 24.0 Å². The molecule has 0 saturated heterocycles. The molecule has 1 heterocycles. The van der Waals surface area contributed by atoms with E-state index >= 15 is 0 Å². The van der Waals surface area contributed by atoms with Crippen LogP contribution in [0.4, 0.5) is 13.2 Å². The molecular formula is C21H31F3IN5O2. The highest BCUT2D eigenvalue weighted by molar-refractivity contribution is 14.0. The number of halogens is 4. The van der Waals surface area contributed by atoms with Gasteiger partial charge >= 0.3 is 6.18 Å². The fraction of sp³-hybridized carbons (Fsp3) is 0.524. The zero-order chi connectivity index (χ0) is 23.2. The molecule has 0 saturated carbocycles. The number of guanidine groups is 1. The van der Waals surface area contributed by atoms with Crippen molar-refractivity contribution in [1.29, 1.82) is 0 Å². The van der Waals surface area contributed by atoms with Gasteiger partial charge < -0.3 is 20.5 Å². The van der Waals surface area contributed by atoms with Gasteiger partial charge in [0.1, 0.15) is 11.4 Å². The molecule has 0 bridgehead atoms. The van der Waals surface area contributed by atoms with Crippen LogP contribution in [-0.2, 0) is 25.4 Å². The summed E-state index contributed by atoms with van der Waals surface area (Å²) in [6.07, 6.45) is -1.51. The molecule has 0 aliphatic heterocycles. The second kappa shape index (κ2) is 11.7. The first kappa shape index (κ1) is 28.0. The Balaban J connectivity index is 0.00000512. The number of nitrogens with one attached hydrogen (secondary N) is 2. The molecule has 0 aliphatic rings. The number of hydrogen-bond acceptors (Lipinski definition) is 4. The highest BCUT2D eigenvalue weighted by Gasteiger charge is 2.34. The molecule has 180 valence electrons. The molecule has 0 aliphatic carbocycles. The first-order valence-electron chi connectivity index (χ1n) is 10.0. The van der Waals surface area contributed by atoms with E-state index in [2.05, 4.69) is 20.7 Å². The normalized spacial score (nSPS) is 14.0. The molecule has 0 amide bonds. The van der Waals surface area contributed by atoms with Crippen LogP contribution in [0.3, 0.4) is 0 Å². The molecule has 2 aromatic rings. The van der Waals surface area contributed by atoms with Gasteiger partial charge in [-0.25, -0.2) is 4.99 Å². The lowest BCUT2D eigenvalue weighted by Crippen LogP contribution is -2.44. The second-order valence-corrected chi connectivity index (χ2v) is 7.71. The van der Waals surface area contributed by atoms with Crippen molar-refractivity contribution in [2.45, 2.75) is 52.1 Å². The Morgan fingerprint density at radius 3 is 2.50 bits per heavy atom. The summed E-state index contributed by atoms with van der Waals surface area (Å²) in [4.78, 5) is 4.27. The van der Waals surface area contributed by atoms with Crippen LogP contribution in [0.2, 0.25) is 0 Å². The summed E-state index contributed by atoms with van der Waals surface area (Å²) in [5.41, 5.74) is -1.39. The standard InChI is InChI=1S/C21H30F3N5O2.HI/c1-6-25-19(27-13-20(4,30)16-11-28-29(5)12-16)26-10-15-7-8-17(31-14(2)3)9-18(15)21(22,23)24;/h7-9,11-12,14,30H,6,10,13H2,1-5H3,(H2,25,26,27);1H. The SMILES string of the molecule is CCNC(=NCc1ccc(OC(C)C)cc1C(F)(F)F)NCC(C)(O)c1cnn(C)c1.I. The van der Waals surface area contributed by atoms with Crippen LogP contribution in [0, 0.1) is 0 Å². The van der Waals surface area contributed by atoms with Crippen molar-refractivity contribution < 1.29 is 23.0 Å². The van der Waals surface area contributed by atoms with Crippen LogP contribution in [0.1, 0.15) is 44.4 Å². The number of benzene rings is 1. The summed E-state index contributed by atoms with van der Waals surface area (Å²) in [6, 6.07) is 3.88. The topological polar surface area (TPSA) is 83.7 Å². The molecule has 1 atom stereocenters. The lowest BCUT2D eigenvalue weighted by molar-refractivity contribution is -0.138. The Bertz CT molecular complexity index is 898. The predicted octanol–water partition coefficient (Wildman–Crippen LogP) is 3.81. The first-order valence-corrected chi connectivity index (χ1v) is 10.0. The molecule has 32 heavy (non-hydrogen) atoms. The Hall–Kier alpha value is -2.02. The predicted molar refractivity (Wildman–Crippen MR) is 128 cm³/mol. The third-order valence-electron chi connectivity index (χ3n) is 4.44. The summed E-state index contributed by atoms with van der Waals surface area (Å²) in [5, 5.41) is 20.7. The van der Waals surface area contributed by atoms with E-state index in [9.17, 15) is 18.3 Å². The van der Waals surface area contributed by atoms with Crippen LogP contribution in [0.15, 0.2) is 35.6 Å². The monoisotopic (exact) mass is 569 g/mol. The van der Waals surface area contributed by atoms with Gasteiger partial charge in [0.15, 0.2) is 5.96 Å². The highest BCUT2D eigenvalue weighted by atomic mass is 127. The molecule has 11 heteroatoms. The molecule has 0 spiro atoms. The number of aliphatic hydroxyl groups is 1. The fourth-order valence-corrected chi connectivity index (χ4v) is 2.87. The summed E-state index contributed by atoms with van der Waals surface area (Å²) in [7, 11) is 1.74. The maximum atomic E-state index is 13.6. The minimum atomic E-state index is -4.53. The van der Waals surface area contributed by atoms with Crippen molar-refractivity contribution in [1.82, 2.24) is 20.4 Å². The molecule has 0 radical (unpaired) electrons. The van der Waals surface area contributed by atoms with Gasteiger partial charge in [0.05, 0.1) is 31.0 Å². The van der Waals surface area contributed by atoms with Gasteiger partial charge in [0, 0.05) is 25.4 Å². The summed E-state index contributed by atoms with van der Waals surface area (Å²) >= 11 is 0. The van der Waals surface area contributed by atoms with Crippen molar-refractivity contribution >= 4 is 29.9 Å². The van der Waals surface area contributed by atoms with Crippen molar-refractivity contribution in [3.63, 3.8) is 0 Å². The molecule has 1 aromatic heterocycles. The maximum Gasteiger partial charge on any atom is 0.416 e. The minimum Gasteiger partial charge on any atom is -0.491 e. The van der Waals surface area contributed by atoms with Gasteiger partial charge in [-0.3, -0.25) is 4.68 Å². The van der Waals surface area contributed by atoms with E-state index in [4.69, 9.17) is 4.74 Å². The van der Waals surface area contributed by atoms with Crippen molar-refractivity contribution in [2.24, 2.45) is 12.0 Å². The summed E-state index contributed by atoms with van der Waals surface area (Å²) in [6.45, 7) is 7.37. The molecule has 3 N–H and O–H groups in total. The average Bonchev–Trinajstić information content (AvgIpc) is 3.11. The van der Waals surface area contributed by atoms with E-state index in [1.54, 1.807) is 44.9 Å². The zero-order valence-electron chi connectivity index (χ0n) is 18.8. The average molecular weight is 569 g/mol. The second-order valence-electron chi connectivity index (χ2n) is 7.71. The third-order valence-corrected chi connectivity index (χ3v) is 4.44. The molecule has 2 rings (SSSR count). The highest BCUT2D eigenvalue weighted by Crippen LogP contribution is 2.35. The number of alkyl halides is 3. The Morgan fingerprint density at radius 1 is 1.28 bits per heavy atom. The Kier molecular flexibility index (Phi) is 10.3. The van der Waals surface area contributed by atoms with E-state index in [0.29, 0.717) is 18.1 Å². The lowest BCUT2D eigenvalue weighted by atomic mass is 10.00. The number of rotatable bonds is 8. The largest absolute Gasteiger partial charge is 0.491 e. The lowest BCUT2D eigenvalue weighted by Gasteiger charge is -2.24. The van der Waals surface area contributed by atoms with E-state index in [0.717, 1.165) is 6.07 Å². The number of aryl methyl sites for hydroxylation is 1. The molecular weight excluding hydrogens is 538 g/mol. The quantitative estimate of drug-likeness (QED) is 0.256. The first-order chi connectivity index (χ1) is 14.4.